The Balaban J connectivity index is 2.29. The predicted octanol–water partition coefficient (Wildman–Crippen LogP) is 2.81. The van der Waals surface area contributed by atoms with Gasteiger partial charge in [-0.3, -0.25) is 4.79 Å². The molecule has 0 aliphatic carbocycles. The number of aromatic nitrogens is 1. The zero-order valence-corrected chi connectivity index (χ0v) is 8.66. The van der Waals surface area contributed by atoms with Crippen molar-refractivity contribution in [2.45, 2.75) is 13.3 Å². The van der Waals surface area contributed by atoms with Gasteiger partial charge in [0.05, 0.1) is 5.69 Å². The molecule has 0 bridgehead atoms. The monoisotopic (exact) mass is 199 g/mol. The van der Waals surface area contributed by atoms with E-state index in [0.717, 1.165) is 17.7 Å². The third kappa shape index (κ3) is 1.99. The van der Waals surface area contributed by atoms with Crippen LogP contribution in [-0.2, 0) is 6.42 Å². The Labute approximate surface area is 89.0 Å². The highest BCUT2D eigenvalue weighted by atomic mass is 16.1. The quantitative estimate of drug-likeness (QED) is 0.757. The highest BCUT2D eigenvalue weighted by Gasteiger charge is 2.09. The van der Waals surface area contributed by atoms with Crippen LogP contribution in [0.4, 0.5) is 0 Å². The summed E-state index contributed by atoms with van der Waals surface area (Å²) in [5.74, 6) is 0.0512. The third-order valence-electron chi connectivity index (χ3n) is 2.41. The molecule has 1 heterocycles. The smallest absolute Gasteiger partial charge is 0.209 e. The molecule has 0 amide bonds. The lowest BCUT2D eigenvalue weighted by Crippen LogP contribution is -2.01. The molecule has 0 aliphatic heterocycles. The van der Waals surface area contributed by atoms with Gasteiger partial charge in [0.1, 0.15) is 0 Å². The van der Waals surface area contributed by atoms with E-state index in [1.54, 1.807) is 0 Å². The maximum atomic E-state index is 11.9. The van der Waals surface area contributed by atoms with E-state index in [-0.39, 0.29) is 5.78 Å². The molecule has 2 nitrogen and oxygen atoms in total. The first-order valence-electron chi connectivity index (χ1n) is 5.09. The normalized spacial score (nSPS) is 10.2. The topological polar surface area (TPSA) is 32.9 Å². The highest BCUT2D eigenvalue weighted by Crippen LogP contribution is 2.09. The van der Waals surface area contributed by atoms with Crippen LogP contribution in [0.3, 0.4) is 0 Å². The minimum atomic E-state index is 0.0512. The van der Waals surface area contributed by atoms with Gasteiger partial charge in [-0.25, -0.2) is 0 Å². The number of hydrogen-bond acceptors (Lipinski definition) is 1. The molecule has 1 N–H and O–H groups in total. The Hall–Kier alpha value is -1.83. The lowest BCUT2D eigenvalue weighted by molar-refractivity contribution is 0.103. The number of benzene rings is 1. The van der Waals surface area contributed by atoms with Gasteiger partial charge in [-0.2, -0.15) is 0 Å². The van der Waals surface area contributed by atoms with Crippen LogP contribution in [0, 0.1) is 0 Å². The molecule has 2 heteroatoms. The van der Waals surface area contributed by atoms with Gasteiger partial charge in [-0.1, -0.05) is 37.3 Å². The lowest BCUT2D eigenvalue weighted by Gasteiger charge is -1.97. The van der Waals surface area contributed by atoms with Crippen molar-refractivity contribution < 1.29 is 4.79 Å². The van der Waals surface area contributed by atoms with Gasteiger partial charge in [0.2, 0.25) is 5.78 Å². The summed E-state index contributed by atoms with van der Waals surface area (Å²) in [6.45, 7) is 2.06. The largest absolute Gasteiger partial charge is 0.356 e. The van der Waals surface area contributed by atoms with E-state index in [0.29, 0.717) is 5.69 Å². The molecule has 15 heavy (non-hydrogen) atoms. The maximum Gasteiger partial charge on any atom is 0.209 e. The number of aryl methyl sites for hydroxylation is 1. The molecule has 2 aromatic rings. The molecule has 0 saturated heterocycles. The fourth-order valence-electron chi connectivity index (χ4n) is 1.52. The van der Waals surface area contributed by atoms with Crippen molar-refractivity contribution in [2.24, 2.45) is 0 Å². The van der Waals surface area contributed by atoms with Crippen molar-refractivity contribution in [3.63, 3.8) is 0 Å². The van der Waals surface area contributed by atoms with Gasteiger partial charge in [0.15, 0.2) is 0 Å². The Bertz CT molecular complexity index is 456. The van der Waals surface area contributed by atoms with Crippen LogP contribution in [-0.4, -0.2) is 10.8 Å². The summed E-state index contributed by atoms with van der Waals surface area (Å²) in [6, 6.07) is 13.1. The molecule has 0 radical (unpaired) electrons. The molecule has 0 saturated carbocycles. The van der Waals surface area contributed by atoms with Gasteiger partial charge < -0.3 is 4.98 Å². The SMILES string of the molecule is CCc1ccc(C(=O)c2ccccc2)[nH]1. The Morgan fingerprint density at radius 1 is 1.13 bits per heavy atom. The van der Waals surface area contributed by atoms with Crippen molar-refractivity contribution in [3.05, 3.63) is 59.4 Å². The second kappa shape index (κ2) is 4.13. The van der Waals surface area contributed by atoms with Gasteiger partial charge in [-0.05, 0) is 18.6 Å². The van der Waals surface area contributed by atoms with E-state index < -0.39 is 0 Å². The molecule has 76 valence electrons. The van der Waals surface area contributed by atoms with Crippen LogP contribution in [0.15, 0.2) is 42.5 Å². The molecule has 0 atom stereocenters. The number of H-pyrrole nitrogens is 1. The first-order valence-corrected chi connectivity index (χ1v) is 5.09. The van der Waals surface area contributed by atoms with Gasteiger partial charge in [0.25, 0.3) is 0 Å². The number of aromatic amines is 1. The van der Waals surface area contributed by atoms with Gasteiger partial charge >= 0.3 is 0 Å². The summed E-state index contributed by atoms with van der Waals surface area (Å²) >= 11 is 0. The van der Waals surface area contributed by atoms with E-state index in [2.05, 4.69) is 11.9 Å². The Morgan fingerprint density at radius 3 is 2.47 bits per heavy atom. The van der Waals surface area contributed by atoms with E-state index in [1.807, 2.05) is 42.5 Å². The van der Waals surface area contributed by atoms with Crippen molar-refractivity contribution in [1.82, 2.24) is 4.98 Å². The first kappa shape index (κ1) is 9.71. The van der Waals surface area contributed by atoms with Gasteiger partial charge in [-0.15, -0.1) is 0 Å². The molecule has 1 aromatic carbocycles. The van der Waals surface area contributed by atoms with E-state index >= 15 is 0 Å². The Morgan fingerprint density at radius 2 is 1.87 bits per heavy atom. The minimum Gasteiger partial charge on any atom is -0.356 e. The molecule has 0 unspecified atom stereocenters. The zero-order valence-electron chi connectivity index (χ0n) is 8.66. The molecule has 0 spiro atoms. The van der Waals surface area contributed by atoms with E-state index in [9.17, 15) is 4.79 Å². The molecule has 0 fully saturated rings. The van der Waals surface area contributed by atoms with E-state index in [4.69, 9.17) is 0 Å². The fraction of sp³-hybridized carbons (Fsp3) is 0.154. The maximum absolute atomic E-state index is 11.9. The summed E-state index contributed by atoms with van der Waals surface area (Å²) in [5, 5.41) is 0. The average Bonchev–Trinajstić information content (AvgIpc) is 2.78. The predicted molar refractivity (Wildman–Crippen MR) is 60.0 cm³/mol. The number of ketones is 1. The summed E-state index contributed by atoms with van der Waals surface area (Å²) in [5.41, 5.74) is 2.48. The van der Waals surface area contributed by atoms with Crippen LogP contribution >= 0.6 is 0 Å². The number of hydrogen-bond donors (Lipinski definition) is 1. The van der Waals surface area contributed by atoms with Crippen LogP contribution in [0.1, 0.15) is 28.7 Å². The van der Waals surface area contributed by atoms with Crippen molar-refractivity contribution in [2.75, 3.05) is 0 Å². The molecule has 0 aliphatic rings. The molecular formula is C13H13NO. The van der Waals surface area contributed by atoms with Crippen LogP contribution in [0.25, 0.3) is 0 Å². The number of nitrogens with one attached hydrogen (secondary N) is 1. The summed E-state index contributed by atoms with van der Waals surface area (Å²) < 4.78 is 0. The number of carbonyl (C=O) groups is 1. The zero-order chi connectivity index (χ0) is 10.7. The van der Waals surface area contributed by atoms with Gasteiger partial charge in [0, 0.05) is 11.3 Å². The second-order valence-electron chi connectivity index (χ2n) is 3.45. The fourth-order valence-corrected chi connectivity index (χ4v) is 1.52. The second-order valence-corrected chi connectivity index (χ2v) is 3.45. The summed E-state index contributed by atoms with van der Waals surface area (Å²) in [7, 11) is 0. The molecule has 1 aromatic heterocycles. The molecule has 2 rings (SSSR count). The Kier molecular flexibility index (Phi) is 2.68. The minimum absolute atomic E-state index is 0.0512. The van der Waals surface area contributed by atoms with Crippen LogP contribution in [0.5, 0.6) is 0 Å². The average molecular weight is 199 g/mol. The summed E-state index contributed by atoms with van der Waals surface area (Å²) in [6.07, 6.45) is 0.919. The van der Waals surface area contributed by atoms with Crippen LogP contribution in [0.2, 0.25) is 0 Å². The van der Waals surface area contributed by atoms with E-state index in [1.165, 1.54) is 0 Å². The van der Waals surface area contributed by atoms with Crippen molar-refractivity contribution in [3.8, 4) is 0 Å². The third-order valence-corrected chi connectivity index (χ3v) is 2.41. The lowest BCUT2D eigenvalue weighted by atomic mass is 10.1. The number of carbonyl (C=O) groups excluding carboxylic acids is 1. The summed E-state index contributed by atoms with van der Waals surface area (Å²) in [4.78, 5) is 15.1. The molecular weight excluding hydrogens is 186 g/mol. The van der Waals surface area contributed by atoms with Crippen LogP contribution < -0.4 is 0 Å². The number of rotatable bonds is 3. The van der Waals surface area contributed by atoms with Crippen molar-refractivity contribution in [1.29, 1.82) is 0 Å². The van der Waals surface area contributed by atoms with Crippen molar-refractivity contribution >= 4 is 5.78 Å². The highest BCUT2D eigenvalue weighted by molar-refractivity contribution is 6.07. The first-order chi connectivity index (χ1) is 7.31. The standard InChI is InChI=1S/C13H13NO/c1-2-11-8-9-12(14-11)13(15)10-6-4-3-5-7-10/h3-9,14H,2H2,1H3.